The molecule has 0 spiro atoms. The zero-order valence-electron chi connectivity index (χ0n) is 14.3. The van der Waals surface area contributed by atoms with Crippen LogP contribution in [0.4, 0.5) is 5.69 Å². The Hall–Kier alpha value is -1.20. The van der Waals surface area contributed by atoms with Crippen LogP contribution in [0.5, 0.6) is 0 Å². The lowest BCUT2D eigenvalue weighted by Gasteiger charge is -2.37. The van der Waals surface area contributed by atoms with Gasteiger partial charge in [-0.3, -0.25) is 4.79 Å². The van der Waals surface area contributed by atoms with E-state index < -0.39 is 5.60 Å². The van der Waals surface area contributed by atoms with Gasteiger partial charge in [0.2, 0.25) is 5.91 Å². The van der Waals surface area contributed by atoms with Crippen molar-refractivity contribution >= 4 is 23.4 Å². The Morgan fingerprint density at radius 2 is 2.22 bits per heavy atom. The molecular weight excluding hydrogens is 308 g/mol. The number of hydrogen-bond donors (Lipinski definition) is 2. The van der Waals surface area contributed by atoms with Crippen molar-refractivity contribution in [3.63, 3.8) is 0 Å². The maximum Gasteiger partial charge on any atom is 0.221 e. The number of thioether (sulfide) groups is 1. The first-order valence-corrected chi connectivity index (χ1v) is 9.65. The molecule has 4 nitrogen and oxygen atoms in total. The largest absolute Gasteiger partial charge is 0.387 e. The smallest absolute Gasteiger partial charge is 0.221 e. The van der Waals surface area contributed by atoms with Crippen molar-refractivity contribution in [1.29, 1.82) is 0 Å². The second kappa shape index (κ2) is 8.06. The van der Waals surface area contributed by atoms with Crippen LogP contribution in [0.3, 0.4) is 0 Å². The first-order valence-electron chi connectivity index (χ1n) is 8.25. The average Bonchev–Trinajstić information content (AvgIpc) is 2.52. The monoisotopic (exact) mass is 336 g/mol. The topological polar surface area (TPSA) is 52.6 Å². The first-order chi connectivity index (χ1) is 10.9. The number of benzene rings is 1. The fourth-order valence-electron chi connectivity index (χ4n) is 3.06. The summed E-state index contributed by atoms with van der Waals surface area (Å²) in [4.78, 5) is 14.4. The molecule has 128 valence electrons. The number of amides is 1. The van der Waals surface area contributed by atoms with Crippen LogP contribution >= 0.6 is 11.8 Å². The Labute approximate surface area is 143 Å². The second-order valence-corrected chi connectivity index (χ2v) is 7.53. The van der Waals surface area contributed by atoms with Crippen LogP contribution in [-0.4, -0.2) is 47.8 Å². The molecule has 0 saturated carbocycles. The summed E-state index contributed by atoms with van der Waals surface area (Å²) in [5.41, 5.74) is 1.78. The predicted octanol–water partition coefficient (Wildman–Crippen LogP) is 2.45. The Kier molecular flexibility index (Phi) is 6.36. The predicted molar refractivity (Wildman–Crippen MR) is 98.2 cm³/mol. The minimum atomic E-state index is -0.847. The number of para-hydroxylation sites is 1. The SMILES string of the molecule is CSCC(C)(O)CNC(=O)CCN1c2ccccc2CCC1C. The maximum atomic E-state index is 12.1. The molecular formula is C18H28N2O2S. The van der Waals surface area contributed by atoms with Crippen LogP contribution in [0, 0.1) is 0 Å². The summed E-state index contributed by atoms with van der Waals surface area (Å²) in [5, 5.41) is 13.0. The third-order valence-corrected chi connectivity index (χ3v) is 5.28. The number of aryl methyl sites for hydroxylation is 1. The van der Waals surface area contributed by atoms with Crippen LogP contribution in [0.2, 0.25) is 0 Å². The highest BCUT2D eigenvalue weighted by Gasteiger charge is 2.24. The fourth-order valence-corrected chi connectivity index (χ4v) is 3.79. The molecule has 2 atom stereocenters. The van der Waals surface area contributed by atoms with Crippen molar-refractivity contribution in [3.05, 3.63) is 29.8 Å². The molecule has 1 aromatic rings. The molecule has 1 aliphatic heterocycles. The van der Waals surface area contributed by atoms with Crippen LogP contribution in [0.25, 0.3) is 0 Å². The molecule has 2 rings (SSSR count). The van der Waals surface area contributed by atoms with Crippen molar-refractivity contribution in [2.24, 2.45) is 0 Å². The van der Waals surface area contributed by atoms with E-state index in [1.165, 1.54) is 11.3 Å². The second-order valence-electron chi connectivity index (χ2n) is 6.67. The number of carbonyl (C=O) groups is 1. The van der Waals surface area contributed by atoms with Crippen LogP contribution in [0.1, 0.15) is 32.3 Å². The quantitative estimate of drug-likeness (QED) is 0.803. The standard InChI is InChI=1S/C18H28N2O2S/c1-14-8-9-15-6-4-5-7-16(15)20(14)11-10-17(21)19-12-18(2,22)13-23-3/h4-7,14,22H,8-13H2,1-3H3,(H,19,21). The number of fused-ring (bicyclic) bond motifs is 1. The molecule has 0 saturated heterocycles. The van der Waals surface area contributed by atoms with Crippen molar-refractivity contribution in [2.45, 2.75) is 44.8 Å². The minimum Gasteiger partial charge on any atom is -0.387 e. The molecule has 0 radical (unpaired) electrons. The van der Waals surface area contributed by atoms with E-state index in [9.17, 15) is 9.90 Å². The zero-order chi connectivity index (χ0) is 16.9. The molecule has 2 N–H and O–H groups in total. The van der Waals surface area contributed by atoms with Gasteiger partial charge in [0.05, 0.1) is 5.60 Å². The van der Waals surface area contributed by atoms with Crippen molar-refractivity contribution in [2.75, 3.05) is 30.0 Å². The third-order valence-electron chi connectivity index (χ3n) is 4.37. The molecule has 0 fully saturated rings. The number of hydrogen-bond acceptors (Lipinski definition) is 4. The van der Waals surface area contributed by atoms with Gasteiger partial charge in [0.25, 0.3) is 0 Å². The van der Waals surface area contributed by atoms with Gasteiger partial charge in [-0.05, 0) is 44.6 Å². The summed E-state index contributed by atoms with van der Waals surface area (Å²) in [7, 11) is 0. The molecule has 1 heterocycles. The zero-order valence-corrected chi connectivity index (χ0v) is 15.2. The van der Waals surface area contributed by atoms with Gasteiger partial charge in [-0.25, -0.2) is 0 Å². The Balaban J connectivity index is 1.87. The van der Waals surface area contributed by atoms with Crippen LogP contribution < -0.4 is 10.2 Å². The highest BCUT2D eigenvalue weighted by atomic mass is 32.2. The third kappa shape index (κ3) is 5.15. The molecule has 0 aromatic heterocycles. The first kappa shape index (κ1) is 18.1. The molecule has 23 heavy (non-hydrogen) atoms. The lowest BCUT2D eigenvalue weighted by Crippen LogP contribution is -2.44. The number of carbonyl (C=O) groups excluding carboxylic acids is 1. The summed E-state index contributed by atoms with van der Waals surface area (Å²) >= 11 is 1.58. The van der Waals surface area contributed by atoms with Gasteiger partial charge < -0.3 is 15.3 Å². The van der Waals surface area contributed by atoms with Gasteiger partial charge in [0.1, 0.15) is 0 Å². The van der Waals surface area contributed by atoms with Crippen molar-refractivity contribution in [3.8, 4) is 0 Å². The van der Waals surface area contributed by atoms with Gasteiger partial charge in [-0.1, -0.05) is 18.2 Å². The van der Waals surface area contributed by atoms with Gasteiger partial charge >= 0.3 is 0 Å². The van der Waals surface area contributed by atoms with Crippen molar-refractivity contribution in [1.82, 2.24) is 5.32 Å². The van der Waals surface area contributed by atoms with Gasteiger partial charge in [-0.2, -0.15) is 11.8 Å². The molecule has 1 aromatic carbocycles. The van der Waals surface area contributed by atoms with E-state index in [4.69, 9.17) is 0 Å². The number of nitrogens with zero attached hydrogens (tertiary/aromatic N) is 1. The Bertz CT molecular complexity index is 534. The molecule has 0 aliphatic carbocycles. The number of anilines is 1. The van der Waals surface area contributed by atoms with E-state index in [1.54, 1.807) is 18.7 Å². The summed E-state index contributed by atoms with van der Waals surface area (Å²) in [6.07, 6.45) is 4.64. The van der Waals surface area contributed by atoms with E-state index in [0.29, 0.717) is 31.3 Å². The number of aliphatic hydroxyl groups is 1. The fraction of sp³-hybridized carbons (Fsp3) is 0.611. The molecule has 0 bridgehead atoms. The molecule has 2 unspecified atom stereocenters. The number of rotatable bonds is 7. The maximum absolute atomic E-state index is 12.1. The van der Waals surface area contributed by atoms with Crippen molar-refractivity contribution < 1.29 is 9.90 Å². The van der Waals surface area contributed by atoms with E-state index in [1.807, 2.05) is 6.26 Å². The van der Waals surface area contributed by atoms with E-state index >= 15 is 0 Å². The van der Waals surface area contributed by atoms with E-state index in [2.05, 4.69) is 41.4 Å². The Morgan fingerprint density at radius 3 is 2.96 bits per heavy atom. The van der Waals surface area contributed by atoms with E-state index in [0.717, 1.165) is 12.8 Å². The number of nitrogens with one attached hydrogen (secondary N) is 1. The summed E-state index contributed by atoms with van der Waals surface area (Å²) in [5.74, 6) is 0.616. The highest BCUT2D eigenvalue weighted by Crippen LogP contribution is 2.30. The highest BCUT2D eigenvalue weighted by molar-refractivity contribution is 7.98. The molecule has 1 aliphatic rings. The van der Waals surface area contributed by atoms with Crippen LogP contribution in [-0.2, 0) is 11.2 Å². The van der Waals surface area contributed by atoms with Crippen LogP contribution in [0.15, 0.2) is 24.3 Å². The van der Waals surface area contributed by atoms with Gasteiger partial charge in [-0.15, -0.1) is 0 Å². The summed E-state index contributed by atoms with van der Waals surface area (Å²) < 4.78 is 0. The minimum absolute atomic E-state index is 0.00151. The summed E-state index contributed by atoms with van der Waals surface area (Å²) in [6.45, 7) is 5.00. The lowest BCUT2D eigenvalue weighted by molar-refractivity contribution is -0.121. The average molecular weight is 337 g/mol. The Morgan fingerprint density at radius 1 is 1.48 bits per heavy atom. The lowest BCUT2D eigenvalue weighted by atomic mass is 9.96. The van der Waals surface area contributed by atoms with Gasteiger partial charge in [0, 0.05) is 37.0 Å². The molecule has 1 amide bonds. The molecule has 5 heteroatoms. The summed E-state index contributed by atoms with van der Waals surface area (Å²) in [6, 6.07) is 8.91. The van der Waals surface area contributed by atoms with Gasteiger partial charge in [0.15, 0.2) is 0 Å². The normalized spacial score (nSPS) is 19.8. The van der Waals surface area contributed by atoms with E-state index in [-0.39, 0.29) is 5.91 Å².